The monoisotopic (exact) mass is 382 g/mol. The van der Waals surface area contributed by atoms with Gasteiger partial charge in [0.25, 0.3) is 5.91 Å². The highest BCUT2D eigenvalue weighted by Crippen LogP contribution is 2.33. The Bertz CT molecular complexity index is 931. The van der Waals surface area contributed by atoms with Crippen LogP contribution in [0.25, 0.3) is 5.69 Å². The predicted octanol–water partition coefficient (Wildman–Crippen LogP) is 2.13. The third-order valence-electron chi connectivity index (χ3n) is 5.06. The van der Waals surface area contributed by atoms with Crippen molar-refractivity contribution in [2.24, 2.45) is 11.7 Å². The van der Waals surface area contributed by atoms with Gasteiger partial charge in [-0.2, -0.15) is 0 Å². The van der Waals surface area contributed by atoms with E-state index < -0.39 is 0 Å². The van der Waals surface area contributed by atoms with Crippen molar-refractivity contribution in [3.63, 3.8) is 0 Å². The first-order valence-corrected chi connectivity index (χ1v) is 9.12. The molecule has 0 bridgehead atoms. The summed E-state index contributed by atoms with van der Waals surface area (Å²) < 4.78 is 1.49. The molecule has 27 heavy (non-hydrogen) atoms. The van der Waals surface area contributed by atoms with Gasteiger partial charge in [0.2, 0.25) is 0 Å². The van der Waals surface area contributed by atoms with E-state index in [0.29, 0.717) is 35.9 Å². The Morgan fingerprint density at radius 2 is 2.00 bits per heavy atom. The number of benzene rings is 2. The zero-order valence-electron chi connectivity index (χ0n) is 14.6. The van der Waals surface area contributed by atoms with E-state index in [0.717, 1.165) is 0 Å². The summed E-state index contributed by atoms with van der Waals surface area (Å²) in [6.45, 7) is 1.80. The van der Waals surface area contributed by atoms with Crippen molar-refractivity contribution in [3.8, 4) is 5.69 Å². The van der Waals surface area contributed by atoms with Crippen molar-refractivity contribution in [2.45, 2.75) is 5.92 Å². The van der Waals surface area contributed by atoms with Crippen LogP contribution in [-0.4, -0.2) is 50.6 Å². The molecule has 0 aliphatic carbocycles. The molecule has 1 amide bonds. The van der Waals surface area contributed by atoms with Gasteiger partial charge < -0.3 is 10.6 Å². The summed E-state index contributed by atoms with van der Waals surface area (Å²) in [5.41, 5.74) is 8.36. The van der Waals surface area contributed by atoms with Gasteiger partial charge in [0.05, 0.1) is 16.3 Å². The number of rotatable bonds is 4. The van der Waals surface area contributed by atoms with E-state index in [1.165, 1.54) is 16.6 Å². The second-order valence-corrected chi connectivity index (χ2v) is 7.05. The highest BCUT2D eigenvalue weighted by atomic mass is 35.5. The summed E-state index contributed by atoms with van der Waals surface area (Å²) >= 11 is 6.39. The lowest BCUT2D eigenvalue weighted by atomic mass is 9.89. The van der Waals surface area contributed by atoms with Crippen molar-refractivity contribution < 1.29 is 4.79 Å². The summed E-state index contributed by atoms with van der Waals surface area (Å²) in [5, 5.41) is 11.4. The number of hydrogen-bond acceptors (Lipinski definition) is 5. The molecular weight excluding hydrogens is 364 g/mol. The van der Waals surface area contributed by atoms with E-state index in [1.807, 2.05) is 23.1 Å². The van der Waals surface area contributed by atoms with Crippen LogP contribution in [0, 0.1) is 5.92 Å². The third-order valence-corrected chi connectivity index (χ3v) is 5.37. The van der Waals surface area contributed by atoms with Crippen molar-refractivity contribution >= 4 is 17.5 Å². The number of tetrazole rings is 1. The van der Waals surface area contributed by atoms with E-state index in [1.54, 1.807) is 18.2 Å². The molecule has 3 aromatic rings. The second-order valence-electron chi connectivity index (χ2n) is 6.64. The fraction of sp³-hybridized carbons (Fsp3) is 0.263. The highest BCUT2D eigenvalue weighted by Gasteiger charge is 2.36. The Morgan fingerprint density at radius 3 is 2.67 bits per heavy atom. The number of likely N-dealkylation sites (tertiary alicyclic amines) is 1. The molecule has 4 rings (SSSR count). The maximum Gasteiger partial charge on any atom is 0.255 e. The van der Waals surface area contributed by atoms with E-state index in [2.05, 4.69) is 27.7 Å². The number of carbonyl (C=O) groups is 1. The molecule has 2 atom stereocenters. The van der Waals surface area contributed by atoms with Gasteiger partial charge in [-0.1, -0.05) is 41.9 Å². The molecule has 2 N–H and O–H groups in total. The molecule has 0 spiro atoms. The van der Waals surface area contributed by atoms with Crippen LogP contribution in [0.2, 0.25) is 5.02 Å². The summed E-state index contributed by atoms with van der Waals surface area (Å²) in [6.07, 6.45) is 1.48. The molecule has 0 radical (unpaired) electrons. The fourth-order valence-corrected chi connectivity index (χ4v) is 3.88. The van der Waals surface area contributed by atoms with E-state index in [4.69, 9.17) is 17.3 Å². The van der Waals surface area contributed by atoms with E-state index in [-0.39, 0.29) is 17.7 Å². The number of amides is 1. The van der Waals surface area contributed by atoms with Crippen LogP contribution in [0.1, 0.15) is 21.8 Å². The number of nitrogens with zero attached hydrogens (tertiary/aromatic N) is 5. The van der Waals surface area contributed by atoms with Gasteiger partial charge in [0.15, 0.2) is 0 Å². The van der Waals surface area contributed by atoms with Gasteiger partial charge in [-0.15, -0.1) is 5.10 Å². The van der Waals surface area contributed by atoms with Crippen LogP contribution in [0.4, 0.5) is 0 Å². The molecule has 8 heteroatoms. The standard InChI is InChI=1S/C19H19ClN6O/c20-18-8-15(26-12-22-23-24-26)6-7-16(18)19(27)25-10-14(9-21)17(11-25)13-4-2-1-3-5-13/h1-8,12,14,17H,9-11,21H2/t14-,17+/m1/s1. The summed E-state index contributed by atoms with van der Waals surface area (Å²) in [6, 6.07) is 15.4. The average molecular weight is 383 g/mol. The summed E-state index contributed by atoms with van der Waals surface area (Å²) in [4.78, 5) is 14.9. The lowest BCUT2D eigenvalue weighted by Gasteiger charge is -2.18. The molecule has 0 saturated carbocycles. The Kier molecular flexibility index (Phi) is 4.87. The Hall–Kier alpha value is -2.77. The number of carbonyl (C=O) groups excluding carboxylic acids is 1. The number of halogens is 1. The van der Waals surface area contributed by atoms with Crippen LogP contribution < -0.4 is 5.73 Å². The summed E-state index contributed by atoms with van der Waals surface area (Å²) in [7, 11) is 0. The van der Waals surface area contributed by atoms with E-state index in [9.17, 15) is 4.79 Å². The quantitative estimate of drug-likeness (QED) is 0.746. The zero-order chi connectivity index (χ0) is 18.8. The highest BCUT2D eigenvalue weighted by molar-refractivity contribution is 6.34. The van der Waals surface area contributed by atoms with Gasteiger partial charge in [0.1, 0.15) is 6.33 Å². The van der Waals surface area contributed by atoms with Crippen molar-refractivity contribution in [3.05, 3.63) is 71.0 Å². The zero-order valence-corrected chi connectivity index (χ0v) is 15.3. The van der Waals surface area contributed by atoms with Crippen LogP contribution >= 0.6 is 11.6 Å². The number of nitrogens with two attached hydrogens (primary N) is 1. The SMILES string of the molecule is NC[C@@H]1CN(C(=O)c2ccc(-n3cnnn3)cc2Cl)C[C@H]1c1ccccc1. The number of hydrogen-bond donors (Lipinski definition) is 1. The average Bonchev–Trinajstić information content (AvgIpc) is 3.38. The normalized spacial score (nSPS) is 19.4. The van der Waals surface area contributed by atoms with Crippen LogP contribution in [0.5, 0.6) is 0 Å². The van der Waals surface area contributed by atoms with Crippen molar-refractivity contribution in [1.29, 1.82) is 0 Å². The maximum absolute atomic E-state index is 13.1. The lowest BCUT2D eigenvalue weighted by molar-refractivity contribution is 0.0786. The molecule has 7 nitrogen and oxygen atoms in total. The first-order chi connectivity index (χ1) is 13.2. The number of aromatic nitrogens is 4. The topological polar surface area (TPSA) is 89.9 Å². The van der Waals surface area contributed by atoms with Gasteiger partial charge in [-0.05, 0) is 46.7 Å². The minimum absolute atomic E-state index is 0.0832. The van der Waals surface area contributed by atoms with Gasteiger partial charge in [0, 0.05) is 19.0 Å². The largest absolute Gasteiger partial charge is 0.338 e. The Morgan fingerprint density at radius 1 is 1.19 bits per heavy atom. The molecule has 1 saturated heterocycles. The Balaban J connectivity index is 1.56. The summed E-state index contributed by atoms with van der Waals surface area (Å²) in [5.74, 6) is 0.384. The molecule has 2 heterocycles. The maximum atomic E-state index is 13.1. The lowest BCUT2D eigenvalue weighted by Crippen LogP contribution is -2.30. The fourth-order valence-electron chi connectivity index (χ4n) is 3.62. The van der Waals surface area contributed by atoms with E-state index >= 15 is 0 Å². The minimum atomic E-state index is -0.0832. The predicted molar refractivity (Wildman–Crippen MR) is 102 cm³/mol. The Labute approximate surface area is 161 Å². The molecular formula is C19H19ClN6O. The van der Waals surface area contributed by atoms with Gasteiger partial charge in [-0.3, -0.25) is 4.79 Å². The first-order valence-electron chi connectivity index (χ1n) is 8.74. The molecule has 0 unspecified atom stereocenters. The molecule has 1 aliphatic rings. The molecule has 138 valence electrons. The third kappa shape index (κ3) is 3.43. The smallest absolute Gasteiger partial charge is 0.255 e. The van der Waals surface area contributed by atoms with Crippen LogP contribution in [-0.2, 0) is 0 Å². The van der Waals surface area contributed by atoms with Gasteiger partial charge >= 0.3 is 0 Å². The van der Waals surface area contributed by atoms with Crippen LogP contribution in [0.15, 0.2) is 54.9 Å². The molecule has 2 aromatic carbocycles. The molecule has 1 aliphatic heterocycles. The van der Waals surface area contributed by atoms with Crippen LogP contribution in [0.3, 0.4) is 0 Å². The molecule has 1 fully saturated rings. The van der Waals surface area contributed by atoms with Crippen molar-refractivity contribution in [2.75, 3.05) is 19.6 Å². The van der Waals surface area contributed by atoms with Gasteiger partial charge in [-0.25, -0.2) is 4.68 Å². The second kappa shape index (κ2) is 7.46. The minimum Gasteiger partial charge on any atom is -0.338 e. The molecule has 1 aromatic heterocycles. The van der Waals surface area contributed by atoms with Crippen molar-refractivity contribution in [1.82, 2.24) is 25.1 Å². The first kappa shape index (κ1) is 17.6.